The van der Waals surface area contributed by atoms with E-state index in [1.807, 2.05) is 6.07 Å². The van der Waals surface area contributed by atoms with Crippen molar-refractivity contribution in [1.82, 2.24) is 0 Å². The molecule has 2 nitrogen and oxygen atoms in total. The Balaban J connectivity index is 1.99. The van der Waals surface area contributed by atoms with E-state index in [2.05, 4.69) is 52.1 Å². The van der Waals surface area contributed by atoms with Crippen LogP contribution in [0.5, 0.6) is 0 Å². The number of carbonyl (C=O) groups excluding carboxylic acids is 1. The van der Waals surface area contributed by atoms with Gasteiger partial charge in [-0.3, -0.25) is 0 Å². The van der Waals surface area contributed by atoms with Gasteiger partial charge >= 0.3 is 131 Å². The Morgan fingerprint density at radius 3 is 2.52 bits per heavy atom. The van der Waals surface area contributed by atoms with Crippen molar-refractivity contribution in [2.24, 2.45) is 0 Å². The van der Waals surface area contributed by atoms with E-state index < -0.39 is 0 Å². The Labute approximate surface area is 131 Å². The summed E-state index contributed by atoms with van der Waals surface area (Å²) in [5, 5.41) is 1.34. The molecule has 0 aliphatic heterocycles. The second kappa shape index (κ2) is 6.38. The third-order valence-electron chi connectivity index (χ3n) is 3.59. The van der Waals surface area contributed by atoms with Crippen molar-refractivity contribution in [3.8, 4) is 0 Å². The van der Waals surface area contributed by atoms with Gasteiger partial charge in [0.2, 0.25) is 0 Å². The number of hydrogen-bond donors (Lipinski definition) is 0. The zero-order chi connectivity index (χ0) is 14.7. The number of aromatic nitrogens is 1. The van der Waals surface area contributed by atoms with E-state index in [4.69, 9.17) is 0 Å². The monoisotopic (exact) mass is 344 g/mol. The minimum absolute atomic E-state index is 0.263. The summed E-state index contributed by atoms with van der Waals surface area (Å²) in [5.41, 5.74) is 2.66. The van der Waals surface area contributed by atoms with Gasteiger partial charge in [0.1, 0.15) is 0 Å². The molecule has 0 saturated heterocycles. The van der Waals surface area contributed by atoms with Gasteiger partial charge in [-0.1, -0.05) is 0 Å². The molecule has 0 saturated carbocycles. The summed E-state index contributed by atoms with van der Waals surface area (Å²) in [7, 11) is 0. The van der Waals surface area contributed by atoms with Crippen LogP contribution in [0.3, 0.4) is 0 Å². The van der Waals surface area contributed by atoms with Gasteiger partial charge in [0, 0.05) is 0 Å². The molecule has 0 amide bonds. The molecular weight excluding hydrogens is 325 g/mol. The number of carbonyl (C=O) groups is 1. The maximum atomic E-state index is 11.4. The van der Waals surface area contributed by atoms with E-state index >= 15 is 0 Å². The molecule has 3 aromatic rings. The van der Waals surface area contributed by atoms with Crippen molar-refractivity contribution in [3.05, 3.63) is 65.9 Å². The molecule has 1 heterocycles. The van der Waals surface area contributed by atoms with Crippen LogP contribution in [0.15, 0.2) is 54.6 Å². The van der Waals surface area contributed by atoms with Gasteiger partial charge < -0.3 is 0 Å². The first kappa shape index (κ1) is 14.2. The Morgan fingerprint density at radius 1 is 1.05 bits per heavy atom. The molecule has 0 atom stereocenters. The van der Waals surface area contributed by atoms with Gasteiger partial charge in [0.15, 0.2) is 0 Å². The number of hydrogen-bond acceptors (Lipinski definition) is 1. The standard InChI is InChI=1S/C18H18NOSe/c1-14(20)11-12-17-16-9-5-6-10-18(16)21-19(17)13-15-7-3-2-4-8-15/h2-10H,11-13H2,1H3/q+1. The first-order valence-corrected chi connectivity index (χ1v) is 8.80. The van der Waals surface area contributed by atoms with Gasteiger partial charge in [0.25, 0.3) is 0 Å². The van der Waals surface area contributed by atoms with Crippen LogP contribution in [0.4, 0.5) is 0 Å². The molecule has 0 spiro atoms. The zero-order valence-corrected chi connectivity index (χ0v) is 13.8. The number of nitrogens with zero attached hydrogens (tertiary/aromatic N) is 1. The third-order valence-corrected chi connectivity index (χ3v) is 5.95. The second-order valence-corrected chi connectivity index (χ2v) is 7.49. The molecule has 0 unspecified atom stereocenters. The maximum absolute atomic E-state index is 11.4. The van der Waals surface area contributed by atoms with Crippen LogP contribution in [0, 0.1) is 0 Å². The molecule has 0 N–H and O–H groups in total. The Morgan fingerprint density at radius 2 is 1.76 bits per heavy atom. The van der Waals surface area contributed by atoms with Crippen LogP contribution in [0.2, 0.25) is 0 Å². The molecule has 3 rings (SSSR count). The first-order chi connectivity index (χ1) is 10.2. The SMILES string of the molecule is CC(=O)CCc1c2ccccc2[se][n+]1Cc1ccccc1. The van der Waals surface area contributed by atoms with Crippen LogP contribution in [0.25, 0.3) is 9.65 Å². The molecule has 0 aliphatic rings. The summed E-state index contributed by atoms with van der Waals surface area (Å²) in [4.78, 5) is 11.4. The molecule has 0 radical (unpaired) electrons. The summed E-state index contributed by atoms with van der Waals surface area (Å²) >= 11 is 0.318. The van der Waals surface area contributed by atoms with Crippen LogP contribution in [0.1, 0.15) is 24.6 Å². The van der Waals surface area contributed by atoms with Crippen molar-refractivity contribution < 1.29 is 8.36 Å². The Kier molecular flexibility index (Phi) is 4.33. The van der Waals surface area contributed by atoms with E-state index in [0.29, 0.717) is 21.2 Å². The average Bonchev–Trinajstić information content (AvgIpc) is 2.83. The number of benzene rings is 2. The van der Waals surface area contributed by atoms with Gasteiger partial charge in [-0.2, -0.15) is 0 Å². The van der Waals surface area contributed by atoms with E-state index in [-0.39, 0.29) is 5.78 Å². The number of Topliss-reactive ketones (excluding diaryl/α,β-unsaturated/α-hetero) is 1. The number of aryl methyl sites for hydroxylation is 1. The van der Waals surface area contributed by atoms with Gasteiger partial charge in [-0.25, -0.2) is 0 Å². The first-order valence-electron chi connectivity index (χ1n) is 7.18. The second-order valence-electron chi connectivity index (χ2n) is 5.26. The van der Waals surface area contributed by atoms with E-state index in [1.54, 1.807) is 6.92 Å². The summed E-state index contributed by atoms with van der Waals surface area (Å²) in [6, 6.07) is 19.2. The Bertz CT molecular complexity index is 761. The molecule has 21 heavy (non-hydrogen) atoms. The fourth-order valence-corrected chi connectivity index (χ4v) is 4.99. The molecule has 2 aromatic carbocycles. The Hall–Kier alpha value is -1.70. The summed E-state index contributed by atoms with van der Waals surface area (Å²) in [6.45, 7) is 2.61. The quantitative estimate of drug-likeness (QED) is 0.653. The molecule has 0 fully saturated rings. The van der Waals surface area contributed by atoms with Gasteiger partial charge in [0.05, 0.1) is 0 Å². The summed E-state index contributed by atoms with van der Waals surface area (Å²) < 4.78 is 3.90. The van der Waals surface area contributed by atoms with E-state index in [0.717, 1.165) is 13.0 Å². The fourth-order valence-electron chi connectivity index (χ4n) is 2.52. The van der Waals surface area contributed by atoms with Crippen LogP contribution < -0.4 is 3.56 Å². The topological polar surface area (TPSA) is 20.9 Å². The van der Waals surface area contributed by atoms with Crippen LogP contribution in [-0.2, 0) is 17.8 Å². The molecule has 1 aromatic heterocycles. The fraction of sp³-hybridized carbons (Fsp3) is 0.222. The average molecular weight is 343 g/mol. The number of rotatable bonds is 5. The predicted octanol–water partition coefficient (Wildman–Crippen LogP) is 2.75. The van der Waals surface area contributed by atoms with E-state index in [9.17, 15) is 4.79 Å². The molecule has 0 bridgehead atoms. The molecule has 106 valence electrons. The minimum atomic E-state index is 0.263. The van der Waals surface area contributed by atoms with Crippen molar-refractivity contribution >= 4 is 30.2 Å². The number of ketones is 1. The van der Waals surface area contributed by atoms with Crippen molar-refractivity contribution in [2.75, 3.05) is 0 Å². The third kappa shape index (κ3) is 3.31. The van der Waals surface area contributed by atoms with Crippen molar-refractivity contribution in [1.29, 1.82) is 0 Å². The molecule has 0 aliphatic carbocycles. The summed E-state index contributed by atoms with van der Waals surface area (Å²) in [5.74, 6) is 0.263. The van der Waals surface area contributed by atoms with Crippen LogP contribution in [-0.4, -0.2) is 20.5 Å². The molecular formula is C18H18NOSe+. The van der Waals surface area contributed by atoms with Gasteiger partial charge in [-0.05, 0) is 0 Å². The van der Waals surface area contributed by atoms with Crippen LogP contribution >= 0.6 is 0 Å². The van der Waals surface area contributed by atoms with Gasteiger partial charge in [-0.15, -0.1) is 0 Å². The normalized spacial score (nSPS) is 10.9. The van der Waals surface area contributed by atoms with E-state index in [1.165, 1.54) is 20.9 Å². The van der Waals surface area contributed by atoms with Crippen molar-refractivity contribution in [2.45, 2.75) is 26.3 Å². The number of fused-ring (bicyclic) bond motifs is 1. The van der Waals surface area contributed by atoms with Crippen molar-refractivity contribution in [3.63, 3.8) is 0 Å². The summed E-state index contributed by atoms with van der Waals surface area (Å²) in [6.07, 6.45) is 1.48. The molecule has 3 heteroatoms. The zero-order valence-electron chi connectivity index (χ0n) is 12.1. The predicted molar refractivity (Wildman–Crippen MR) is 85.6 cm³/mol.